The number of ether oxygens (including phenoxy) is 4. The molecule has 3 aromatic rings. The number of rotatable bonds is 10. The minimum absolute atomic E-state index is 0.0299. The Labute approximate surface area is 246 Å². The minimum Gasteiger partial charge on any atom is -0.493 e. The van der Waals surface area contributed by atoms with E-state index in [0.29, 0.717) is 38.3 Å². The number of carbonyl (C=O) groups excluding carboxylic acids is 2. The molecule has 0 bridgehead atoms. The van der Waals surface area contributed by atoms with Crippen molar-refractivity contribution in [2.75, 3.05) is 32.3 Å². The largest absolute Gasteiger partial charge is 0.493 e. The number of thiazole rings is 1. The first-order valence-corrected chi connectivity index (χ1v) is 14.0. The van der Waals surface area contributed by atoms with E-state index < -0.39 is 29.6 Å². The van der Waals surface area contributed by atoms with Gasteiger partial charge in [-0.05, 0) is 24.3 Å². The van der Waals surface area contributed by atoms with Crippen LogP contribution in [0.5, 0.6) is 11.5 Å². The summed E-state index contributed by atoms with van der Waals surface area (Å²) in [5.41, 5.74) is 1.06. The van der Waals surface area contributed by atoms with E-state index in [1.807, 2.05) is 19.9 Å². The molecule has 1 N–H and O–H groups in total. The maximum absolute atomic E-state index is 14.3. The number of amides is 1. The molecule has 4 rings (SSSR count). The molecule has 0 radical (unpaired) electrons. The summed E-state index contributed by atoms with van der Waals surface area (Å²) in [6, 6.07) is 10.6. The normalized spacial score (nSPS) is 17.0. The van der Waals surface area contributed by atoms with Gasteiger partial charge in [0.05, 0.1) is 25.8 Å². The fourth-order valence-corrected chi connectivity index (χ4v) is 5.64. The lowest BCUT2D eigenvalue weighted by molar-refractivity contribution is -0.143. The first kappa shape index (κ1) is 30.3. The molecule has 1 aromatic heterocycles. The second-order valence-electron chi connectivity index (χ2n) is 10.3. The molecule has 1 aliphatic rings. The van der Waals surface area contributed by atoms with Crippen molar-refractivity contribution in [3.8, 4) is 11.5 Å². The van der Waals surface area contributed by atoms with Crippen LogP contribution in [-0.2, 0) is 25.5 Å². The molecule has 0 saturated heterocycles. The van der Waals surface area contributed by atoms with Crippen LogP contribution < -0.4 is 14.4 Å². The van der Waals surface area contributed by atoms with Gasteiger partial charge < -0.3 is 29.0 Å². The van der Waals surface area contributed by atoms with Crippen molar-refractivity contribution in [3.05, 3.63) is 68.6 Å². The molecule has 218 valence electrons. The SMILES string of the molecule is COc1cccc([C@H]2O[C@H](Cc3nc(C(=O)O)cs3)C(=O)N(CC(C)(C)COC(C)=O)c3ccc(Cl)cc32)c1OC. The number of halogens is 1. The Morgan fingerprint density at radius 1 is 1.17 bits per heavy atom. The van der Waals surface area contributed by atoms with Crippen LogP contribution in [0.3, 0.4) is 0 Å². The third-order valence-electron chi connectivity index (χ3n) is 6.50. The molecule has 1 amide bonds. The summed E-state index contributed by atoms with van der Waals surface area (Å²) in [5.74, 6) is -1.02. The molecule has 12 heteroatoms. The van der Waals surface area contributed by atoms with E-state index in [0.717, 1.165) is 11.3 Å². The molecule has 0 spiro atoms. The Bertz CT molecular complexity index is 1460. The summed E-state index contributed by atoms with van der Waals surface area (Å²) >= 11 is 7.62. The van der Waals surface area contributed by atoms with Crippen molar-refractivity contribution in [2.45, 2.75) is 39.4 Å². The van der Waals surface area contributed by atoms with Crippen molar-refractivity contribution in [1.29, 1.82) is 0 Å². The Balaban J connectivity index is 1.87. The summed E-state index contributed by atoms with van der Waals surface area (Å²) in [4.78, 5) is 43.1. The van der Waals surface area contributed by atoms with Crippen molar-refractivity contribution in [2.24, 2.45) is 5.41 Å². The number of carboxylic acids is 1. The van der Waals surface area contributed by atoms with Crippen LogP contribution >= 0.6 is 22.9 Å². The van der Waals surface area contributed by atoms with Crippen LogP contribution in [0.1, 0.15) is 53.5 Å². The number of hydrogen-bond donors (Lipinski definition) is 1. The maximum Gasteiger partial charge on any atom is 0.355 e. The lowest BCUT2D eigenvalue weighted by Gasteiger charge is -2.33. The van der Waals surface area contributed by atoms with Gasteiger partial charge in [0, 0.05) is 52.5 Å². The molecule has 41 heavy (non-hydrogen) atoms. The number of fused-ring (bicyclic) bond motifs is 1. The summed E-state index contributed by atoms with van der Waals surface area (Å²) in [6.07, 6.45) is -1.84. The smallest absolute Gasteiger partial charge is 0.355 e. The van der Waals surface area contributed by atoms with E-state index in [1.54, 1.807) is 35.2 Å². The second-order valence-corrected chi connectivity index (χ2v) is 11.7. The number of nitrogens with zero attached hydrogens (tertiary/aromatic N) is 2. The monoisotopic (exact) mass is 602 g/mol. The van der Waals surface area contributed by atoms with Gasteiger partial charge in [0.15, 0.2) is 17.2 Å². The zero-order valence-corrected chi connectivity index (χ0v) is 24.9. The standard InChI is InChI=1S/C29H31ClN2O8S/c1-16(33)39-15-29(2,3)14-32-21-10-9-17(30)11-19(21)25(18-7-6-8-22(37-4)26(18)38-5)40-23(27(32)34)12-24-31-20(13-41-24)28(35)36/h6-11,13,23,25H,12,14-15H2,1-5H3,(H,35,36)/t23-,25-/m1/s1. The topological polar surface area (TPSA) is 124 Å². The van der Waals surface area contributed by atoms with Crippen molar-refractivity contribution in [3.63, 3.8) is 0 Å². The average molecular weight is 603 g/mol. The first-order chi connectivity index (χ1) is 19.4. The number of anilines is 1. The van der Waals surface area contributed by atoms with Gasteiger partial charge in [0.25, 0.3) is 5.91 Å². The van der Waals surface area contributed by atoms with Gasteiger partial charge in [-0.3, -0.25) is 9.59 Å². The number of para-hydroxylation sites is 1. The Hall–Kier alpha value is -3.67. The molecule has 2 aromatic carbocycles. The zero-order valence-electron chi connectivity index (χ0n) is 23.3. The highest BCUT2D eigenvalue weighted by Crippen LogP contribution is 2.45. The predicted octanol–water partition coefficient (Wildman–Crippen LogP) is 5.17. The van der Waals surface area contributed by atoms with Crippen molar-refractivity contribution < 1.29 is 38.4 Å². The van der Waals surface area contributed by atoms with Crippen molar-refractivity contribution >= 4 is 46.5 Å². The number of methoxy groups -OCH3 is 2. The molecule has 2 heterocycles. The Kier molecular flexibility index (Phi) is 9.21. The first-order valence-electron chi connectivity index (χ1n) is 12.7. The van der Waals surface area contributed by atoms with Gasteiger partial charge in [-0.2, -0.15) is 0 Å². The fraction of sp³-hybridized carbons (Fsp3) is 0.379. The average Bonchev–Trinajstić information content (AvgIpc) is 3.38. The maximum atomic E-state index is 14.3. The molecule has 0 saturated carbocycles. The number of aromatic nitrogens is 1. The predicted molar refractivity (Wildman–Crippen MR) is 153 cm³/mol. The summed E-state index contributed by atoms with van der Waals surface area (Å²) in [5, 5.41) is 11.7. The van der Waals surface area contributed by atoms with Crippen LogP contribution in [0.15, 0.2) is 41.8 Å². The molecule has 0 unspecified atom stereocenters. The van der Waals surface area contributed by atoms with Gasteiger partial charge in [0.2, 0.25) is 0 Å². The lowest BCUT2D eigenvalue weighted by Crippen LogP contribution is -2.46. The highest BCUT2D eigenvalue weighted by molar-refractivity contribution is 7.09. The summed E-state index contributed by atoms with van der Waals surface area (Å²) in [6.45, 7) is 5.39. The molecule has 2 atom stereocenters. The van der Waals surface area contributed by atoms with Gasteiger partial charge >= 0.3 is 11.9 Å². The van der Waals surface area contributed by atoms with E-state index in [9.17, 15) is 19.5 Å². The summed E-state index contributed by atoms with van der Waals surface area (Å²) in [7, 11) is 3.05. The molecule has 0 fully saturated rings. The van der Waals surface area contributed by atoms with Gasteiger partial charge in [-0.25, -0.2) is 9.78 Å². The molecule has 0 aliphatic carbocycles. The van der Waals surface area contributed by atoms with Crippen LogP contribution in [-0.4, -0.2) is 61.4 Å². The quantitative estimate of drug-likeness (QED) is 0.313. The highest BCUT2D eigenvalue weighted by Gasteiger charge is 2.40. The van der Waals surface area contributed by atoms with Crippen LogP contribution in [0.25, 0.3) is 0 Å². The van der Waals surface area contributed by atoms with Crippen LogP contribution in [0, 0.1) is 5.41 Å². The number of aromatic carboxylic acids is 1. The summed E-state index contributed by atoms with van der Waals surface area (Å²) < 4.78 is 23.1. The second kappa shape index (κ2) is 12.5. The lowest BCUT2D eigenvalue weighted by atomic mass is 9.92. The van der Waals surface area contributed by atoms with Crippen LogP contribution in [0.4, 0.5) is 5.69 Å². The molecule has 1 aliphatic heterocycles. The highest BCUT2D eigenvalue weighted by atomic mass is 35.5. The van der Waals surface area contributed by atoms with E-state index in [4.69, 9.17) is 30.5 Å². The number of carbonyl (C=O) groups is 3. The molecule has 10 nitrogen and oxygen atoms in total. The van der Waals surface area contributed by atoms with E-state index >= 15 is 0 Å². The molecular formula is C29H31ClN2O8S. The van der Waals surface area contributed by atoms with Gasteiger partial charge in [-0.1, -0.05) is 37.6 Å². The number of benzene rings is 2. The number of carboxylic acid groups (broad SMARTS) is 1. The van der Waals surface area contributed by atoms with Crippen molar-refractivity contribution in [1.82, 2.24) is 4.98 Å². The number of hydrogen-bond acceptors (Lipinski definition) is 9. The van der Waals surface area contributed by atoms with E-state index in [2.05, 4.69) is 4.98 Å². The third-order valence-corrected chi connectivity index (χ3v) is 7.61. The van der Waals surface area contributed by atoms with E-state index in [-0.39, 0.29) is 31.2 Å². The molecular weight excluding hydrogens is 572 g/mol. The van der Waals surface area contributed by atoms with Gasteiger partial charge in [0.1, 0.15) is 12.2 Å². The Morgan fingerprint density at radius 3 is 2.56 bits per heavy atom. The fourth-order valence-electron chi connectivity index (χ4n) is 4.66. The minimum atomic E-state index is -1.16. The van der Waals surface area contributed by atoms with E-state index in [1.165, 1.54) is 26.5 Å². The third kappa shape index (κ3) is 6.80. The Morgan fingerprint density at radius 2 is 1.93 bits per heavy atom. The van der Waals surface area contributed by atoms with Crippen LogP contribution in [0.2, 0.25) is 5.02 Å². The van der Waals surface area contributed by atoms with Gasteiger partial charge in [-0.15, -0.1) is 11.3 Å². The zero-order chi connectivity index (χ0) is 29.9. The number of esters is 1.